The average molecular weight is 1890 g/mol. The lowest BCUT2D eigenvalue weighted by Crippen LogP contribution is -2.53. The van der Waals surface area contributed by atoms with Crippen molar-refractivity contribution >= 4 is 94.1 Å². The maximum Gasteiger partial charge on any atom is 0.329 e. The molecule has 0 aliphatic carbocycles. The predicted molar refractivity (Wildman–Crippen MR) is 484 cm³/mol. The largest absolute Gasteiger partial charge is 0.502 e. The molecule has 6 heterocycles. The number of nitrogens with zero attached hydrogens (tertiary/aromatic N) is 8. The molecule has 730 valence electrons. The molecule has 0 spiro atoms. The number of amides is 9. The molecule has 0 aliphatic heterocycles. The lowest BCUT2D eigenvalue weighted by atomic mass is 10.1. The number of aromatic nitrogens is 6. The van der Waals surface area contributed by atoms with E-state index in [1.807, 2.05) is 18.2 Å². The van der Waals surface area contributed by atoms with Gasteiger partial charge in [0.05, 0.1) is 27.8 Å². The van der Waals surface area contributed by atoms with Crippen LogP contribution >= 0.6 is 0 Å². The van der Waals surface area contributed by atoms with Gasteiger partial charge < -0.3 is 102 Å². The highest BCUT2D eigenvalue weighted by Gasteiger charge is 2.34. The molecule has 45 heteroatoms. The number of nitrogens with one attached hydrogen (secondary N) is 9. The molecular weight excluding hydrogens is 1770 g/mol. The van der Waals surface area contributed by atoms with E-state index >= 15 is 0 Å². The van der Waals surface area contributed by atoms with Crippen LogP contribution in [0.15, 0.2) is 98.2 Å². The molecule has 0 saturated carbocycles. The number of pyridine rings is 6. The topological polar surface area (TPSA) is 637 Å². The number of hydrogen-bond acceptors (Lipinski definition) is 29. The number of ether oxygens (including phenoxy) is 3. The lowest BCUT2D eigenvalue weighted by molar-refractivity contribution is -0.159. The van der Waals surface area contributed by atoms with Gasteiger partial charge in [0, 0.05) is 118 Å². The van der Waals surface area contributed by atoms with Crippen LogP contribution in [0.5, 0.6) is 23.0 Å². The van der Waals surface area contributed by atoms with E-state index in [-0.39, 0.29) is 152 Å². The molecule has 0 unspecified atom stereocenters. The summed E-state index contributed by atoms with van der Waals surface area (Å²) in [5.41, 5.74) is -7.78. The van der Waals surface area contributed by atoms with Crippen molar-refractivity contribution in [2.45, 2.75) is 203 Å². The molecule has 9 amide bonds. The third-order valence-corrected chi connectivity index (χ3v) is 20.4. The Morgan fingerprint density at radius 1 is 0.422 bits per heavy atom. The minimum atomic E-state index is -1.40. The van der Waals surface area contributed by atoms with Crippen molar-refractivity contribution in [2.75, 3.05) is 72.0 Å². The number of aliphatic carboxylic acids is 3. The second kappa shape index (κ2) is 48.5. The fraction of sp³-hybridized carbons (Fsp3) is 0.467. The summed E-state index contributed by atoms with van der Waals surface area (Å²) in [5, 5.41) is 96.0. The van der Waals surface area contributed by atoms with E-state index in [4.69, 9.17) is 19.2 Å². The number of esters is 3. The standard InChI is InChI=1S/C90H117N17O28/c1-50-39-57(75(120)92-29-35-102(36-30-93-76(121)58-40-51(2)105(47-67(109)110)82(127)72(58)117)33-18-34-103(37-31-94-77(122)59-41-52(3)106(48-68(111)112)83(128)73(59)118)38-32-95-78(123)60-42-53(4)107(49-69(113)114)84(129)74(60)119)71(116)81(126)104(50)46-66(108)97-45-54-22-25-62(96-44-54)80(125)99-65(43-56-24-23-55-19-14-15-20-61(55)98-56)79(124)91-28-17-16-21-63(85(130)134-89(8,9)10)100-87(132)101-64(86(131)135-90(11,12)13)26-27-70(115)133-88(5,6)7/h14-15,19-20,22-25,39-42,44,63-65,116-119H,16-18,21,26-38,43,45-49H2,1-13H3,(H,91,124)(H,92,120)(H,93,121)(H,94,122)(H,95,123)(H,97,108)(H,99,125)(H,109,110)(H,111,112)(H,113,114)(H2,100,101,132)/t63-,64-,65-/m0/s1. The first-order chi connectivity index (χ1) is 63.3. The molecule has 7 rings (SSSR count). The number of hydrogen-bond donors (Lipinski definition) is 16. The molecule has 1 aromatic carbocycles. The van der Waals surface area contributed by atoms with Crippen molar-refractivity contribution in [1.82, 2.24) is 85.9 Å². The van der Waals surface area contributed by atoms with Crippen LogP contribution < -0.4 is 70.1 Å². The number of urea groups is 1. The molecule has 16 N–H and O–H groups in total. The highest BCUT2D eigenvalue weighted by atomic mass is 16.6. The molecule has 3 atom stereocenters. The van der Waals surface area contributed by atoms with E-state index in [0.29, 0.717) is 16.8 Å². The predicted octanol–water partition coefficient (Wildman–Crippen LogP) is 1.39. The third-order valence-electron chi connectivity index (χ3n) is 20.4. The number of fused-ring (bicyclic) bond motifs is 1. The van der Waals surface area contributed by atoms with Crippen molar-refractivity contribution in [3.63, 3.8) is 0 Å². The first kappa shape index (κ1) is 107. The first-order valence-electron chi connectivity index (χ1n) is 43.1. The van der Waals surface area contributed by atoms with Gasteiger partial charge in [-0.1, -0.05) is 30.3 Å². The van der Waals surface area contributed by atoms with Crippen LogP contribution in [-0.2, 0) is 91.7 Å². The van der Waals surface area contributed by atoms with Crippen LogP contribution in [0.4, 0.5) is 4.79 Å². The Morgan fingerprint density at radius 3 is 1.21 bits per heavy atom. The van der Waals surface area contributed by atoms with Gasteiger partial charge in [-0.05, 0) is 183 Å². The van der Waals surface area contributed by atoms with Gasteiger partial charge in [-0.15, -0.1) is 0 Å². The van der Waals surface area contributed by atoms with Crippen LogP contribution in [0.1, 0.15) is 187 Å². The maximum atomic E-state index is 14.2. The maximum absolute atomic E-state index is 14.2. The van der Waals surface area contributed by atoms with Gasteiger partial charge in [-0.3, -0.25) is 105 Å². The molecule has 0 radical (unpaired) electrons. The van der Waals surface area contributed by atoms with Crippen LogP contribution in [0.3, 0.4) is 0 Å². The number of rotatable bonds is 47. The summed E-state index contributed by atoms with van der Waals surface area (Å²) < 4.78 is 19.7. The number of carboxylic acid groups (broad SMARTS) is 3. The van der Waals surface area contributed by atoms with Gasteiger partial charge in [0.2, 0.25) is 11.8 Å². The lowest BCUT2D eigenvalue weighted by Gasteiger charge is -2.27. The average Bonchev–Trinajstić information content (AvgIpc) is 0.814. The van der Waals surface area contributed by atoms with E-state index < -0.39 is 212 Å². The molecule has 0 saturated heterocycles. The van der Waals surface area contributed by atoms with Crippen LogP contribution in [-0.4, -0.2) is 264 Å². The van der Waals surface area contributed by atoms with Gasteiger partial charge in [-0.2, -0.15) is 0 Å². The van der Waals surface area contributed by atoms with E-state index in [9.17, 15) is 122 Å². The van der Waals surface area contributed by atoms with Gasteiger partial charge in [0.15, 0.2) is 23.0 Å². The molecule has 0 aliphatic rings. The fourth-order valence-corrected chi connectivity index (χ4v) is 13.8. The van der Waals surface area contributed by atoms with Gasteiger partial charge >= 0.3 is 41.8 Å². The summed E-state index contributed by atoms with van der Waals surface area (Å²) >= 11 is 0. The smallest absolute Gasteiger partial charge is 0.329 e. The van der Waals surface area contributed by atoms with Gasteiger partial charge in [0.1, 0.15) is 66.8 Å². The van der Waals surface area contributed by atoms with Crippen LogP contribution in [0.2, 0.25) is 0 Å². The molecule has 6 aromatic heterocycles. The Balaban J connectivity index is 0.997. The summed E-state index contributed by atoms with van der Waals surface area (Å²) in [5.74, 6) is -16.4. The van der Waals surface area contributed by atoms with Crippen molar-refractivity contribution < 1.29 is 117 Å². The quantitative estimate of drug-likeness (QED) is 0.0146. The van der Waals surface area contributed by atoms with Crippen molar-refractivity contribution in [2.24, 2.45) is 0 Å². The number of para-hydroxylation sites is 1. The molecule has 0 bridgehead atoms. The Labute approximate surface area is 773 Å². The van der Waals surface area contributed by atoms with Gasteiger partial charge in [0.25, 0.3) is 51.8 Å². The normalized spacial score (nSPS) is 12.2. The third kappa shape index (κ3) is 33.1. The molecule has 135 heavy (non-hydrogen) atoms. The van der Waals surface area contributed by atoms with E-state index in [0.717, 1.165) is 47.9 Å². The minimum Gasteiger partial charge on any atom is -0.502 e. The highest BCUT2D eigenvalue weighted by Crippen LogP contribution is 2.22. The number of carbonyl (C=O) groups excluding carboxylic acids is 11. The summed E-state index contributed by atoms with van der Waals surface area (Å²) in [4.78, 5) is 249. The Hall–Kier alpha value is -14.9. The van der Waals surface area contributed by atoms with Crippen LogP contribution in [0, 0.1) is 27.7 Å². The van der Waals surface area contributed by atoms with Gasteiger partial charge in [-0.25, -0.2) is 14.4 Å². The van der Waals surface area contributed by atoms with E-state index in [2.05, 4.69) is 52.8 Å². The molecular formula is C90H117N17O28. The summed E-state index contributed by atoms with van der Waals surface area (Å²) in [6, 6.07) is 13.4. The second-order valence-corrected chi connectivity index (χ2v) is 34.8. The van der Waals surface area contributed by atoms with Crippen LogP contribution in [0.25, 0.3) is 10.9 Å². The monoisotopic (exact) mass is 1880 g/mol. The zero-order valence-corrected chi connectivity index (χ0v) is 77.3. The Bertz CT molecular complexity index is 5740. The van der Waals surface area contributed by atoms with Crippen molar-refractivity contribution in [3.05, 3.63) is 182 Å². The SMILES string of the molecule is Cc1cc(C(=O)NCCN(CCCN(CCNC(=O)c2cc(C)n(CC(=O)O)c(=O)c2O)CCNC(=O)c2cc(C)n(CC(=O)NCc3ccc(C(=O)N[C@@H](Cc4ccc5ccccc5n4)C(=O)NCCCC[C@H](NC(=O)N[C@@H](CCC(=O)OC(C)(C)C)C(=O)OC(C)(C)C)C(=O)OC(C)(C)C)nc3)c(=O)c2O)CCNC(=O)c2cc(C)n(CC(=O)O)c(=O)c2O)c(O)c(=O)n1CC(=O)O. The highest BCUT2D eigenvalue weighted by molar-refractivity contribution is 6.00. The zero-order chi connectivity index (χ0) is 100. The number of unbranched alkanes of at least 4 members (excludes halogenated alkanes) is 1. The van der Waals surface area contributed by atoms with Crippen molar-refractivity contribution in [1.29, 1.82) is 0 Å². The zero-order valence-electron chi connectivity index (χ0n) is 77.3. The first-order valence-corrected chi connectivity index (χ1v) is 43.1. The number of carboxylic acids is 3. The minimum absolute atomic E-state index is 0.00122. The number of aromatic hydroxyl groups is 4. The van der Waals surface area contributed by atoms with Crippen molar-refractivity contribution in [3.8, 4) is 23.0 Å². The number of benzene rings is 1. The number of aryl methyl sites for hydroxylation is 4. The Kier molecular flexibility index (Phi) is 38.5. The fourth-order valence-electron chi connectivity index (χ4n) is 13.8. The van der Waals surface area contributed by atoms with E-state index in [1.165, 1.54) is 46.0 Å². The molecule has 7 aromatic rings. The number of carbonyl (C=O) groups is 14. The molecule has 0 fully saturated rings. The summed E-state index contributed by atoms with van der Waals surface area (Å²) in [6.45, 7) is 16.4. The molecule has 45 nitrogen and oxygen atoms in total. The summed E-state index contributed by atoms with van der Waals surface area (Å²) in [6.07, 6.45) is 1.44. The summed E-state index contributed by atoms with van der Waals surface area (Å²) in [7, 11) is 0. The van der Waals surface area contributed by atoms with E-state index in [1.54, 1.807) is 90.3 Å². The second-order valence-electron chi connectivity index (χ2n) is 34.8. The Morgan fingerprint density at radius 2 is 0.822 bits per heavy atom.